The van der Waals surface area contributed by atoms with Gasteiger partial charge in [-0.2, -0.15) is 0 Å². The Balaban J connectivity index is 2.20. The fourth-order valence-electron chi connectivity index (χ4n) is 1.27. The average Bonchev–Trinajstić information content (AvgIpc) is 2.58. The molecule has 0 fully saturated rings. The summed E-state index contributed by atoms with van der Waals surface area (Å²) >= 11 is 1.40. The van der Waals surface area contributed by atoms with E-state index in [-0.39, 0.29) is 11.3 Å². The van der Waals surface area contributed by atoms with Gasteiger partial charge in [0.15, 0.2) is 5.13 Å². The maximum atomic E-state index is 11.8. The third-order valence-corrected chi connectivity index (χ3v) is 3.28. The second-order valence-electron chi connectivity index (χ2n) is 3.51. The van der Waals surface area contributed by atoms with Gasteiger partial charge in [-0.25, -0.2) is 4.98 Å². The van der Waals surface area contributed by atoms with E-state index in [9.17, 15) is 9.90 Å². The molecule has 0 radical (unpaired) electrons. The molecule has 17 heavy (non-hydrogen) atoms. The first kappa shape index (κ1) is 11.5. The second-order valence-corrected chi connectivity index (χ2v) is 4.71. The van der Waals surface area contributed by atoms with Crippen LogP contribution in [-0.4, -0.2) is 21.0 Å². The van der Waals surface area contributed by atoms with Crippen LogP contribution in [0, 0.1) is 13.8 Å². The molecule has 0 aliphatic heterocycles. The van der Waals surface area contributed by atoms with Crippen LogP contribution >= 0.6 is 11.3 Å². The SMILES string of the molecule is Cc1nc(NC(=O)c2ccncc2O)sc1C. The van der Waals surface area contributed by atoms with E-state index in [1.165, 1.54) is 29.8 Å². The summed E-state index contributed by atoms with van der Waals surface area (Å²) in [6.07, 6.45) is 2.68. The van der Waals surface area contributed by atoms with E-state index < -0.39 is 5.91 Å². The Hall–Kier alpha value is -1.95. The number of anilines is 1. The van der Waals surface area contributed by atoms with Gasteiger partial charge in [0.25, 0.3) is 5.91 Å². The van der Waals surface area contributed by atoms with Crippen LogP contribution in [-0.2, 0) is 0 Å². The highest BCUT2D eigenvalue weighted by Crippen LogP contribution is 2.23. The Morgan fingerprint density at radius 2 is 2.24 bits per heavy atom. The van der Waals surface area contributed by atoms with Crippen molar-refractivity contribution in [3.63, 3.8) is 0 Å². The number of carbonyl (C=O) groups excluding carboxylic acids is 1. The van der Waals surface area contributed by atoms with Crippen LogP contribution in [0.15, 0.2) is 18.5 Å². The van der Waals surface area contributed by atoms with Crippen molar-refractivity contribution in [3.8, 4) is 5.75 Å². The maximum absolute atomic E-state index is 11.8. The van der Waals surface area contributed by atoms with Gasteiger partial charge in [-0.15, -0.1) is 11.3 Å². The maximum Gasteiger partial charge on any atom is 0.261 e. The molecule has 0 saturated heterocycles. The Morgan fingerprint density at radius 3 is 2.82 bits per heavy atom. The Morgan fingerprint density at radius 1 is 1.47 bits per heavy atom. The van der Waals surface area contributed by atoms with Crippen molar-refractivity contribution in [2.75, 3.05) is 5.32 Å². The minimum absolute atomic E-state index is 0.144. The van der Waals surface area contributed by atoms with Gasteiger partial charge in [0.1, 0.15) is 5.75 Å². The van der Waals surface area contributed by atoms with Gasteiger partial charge < -0.3 is 5.11 Å². The molecule has 0 saturated carbocycles. The molecule has 0 bridgehead atoms. The largest absolute Gasteiger partial charge is 0.505 e. The van der Waals surface area contributed by atoms with Gasteiger partial charge in [-0.1, -0.05) is 0 Å². The topological polar surface area (TPSA) is 75.1 Å². The fourth-order valence-corrected chi connectivity index (χ4v) is 2.08. The molecule has 2 N–H and O–H groups in total. The number of hydrogen-bond donors (Lipinski definition) is 2. The van der Waals surface area contributed by atoms with E-state index in [1.54, 1.807) is 0 Å². The third-order valence-electron chi connectivity index (χ3n) is 2.29. The van der Waals surface area contributed by atoms with E-state index in [0.717, 1.165) is 10.6 Å². The average molecular weight is 249 g/mol. The van der Waals surface area contributed by atoms with Crippen LogP contribution in [0.1, 0.15) is 20.9 Å². The summed E-state index contributed by atoms with van der Waals surface area (Å²) in [6, 6.07) is 1.46. The molecule has 0 spiro atoms. The highest BCUT2D eigenvalue weighted by atomic mass is 32.1. The number of aromatic nitrogens is 2. The highest BCUT2D eigenvalue weighted by Gasteiger charge is 2.13. The van der Waals surface area contributed by atoms with Crippen LogP contribution in [0.4, 0.5) is 5.13 Å². The standard InChI is InChI=1S/C11H11N3O2S/c1-6-7(2)17-11(13-6)14-10(16)8-3-4-12-5-9(8)15/h3-5,15H,1-2H3,(H,13,14,16). The fraction of sp³-hybridized carbons (Fsp3) is 0.182. The molecule has 0 aliphatic carbocycles. The molecule has 0 aliphatic rings. The quantitative estimate of drug-likeness (QED) is 0.854. The normalized spacial score (nSPS) is 10.2. The van der Waals surface area contributed by atoms with Gasteiger partial charge in [0, 0.05) is 11.1 Å². The molecule has 5 nitrogen and oxygen atoms in total. The van der Waals surface area contributed by atoms with Crippen LogP contribution in [0.3, 0.4) is 0 Å². The summed E-state index contributed by atoms with van der Waals surface area (Å²) in [5, 5.41) is 12.6. The van der Waals surface area contributed by atoms with Crippen molar-refractivity contribution in [3.05, 3.63) is 34.6 Å². The highest BCUT2D eigenvalue weighted by molar-refractivity contribution is 7.15. The first-order chi connectivity index (χ1) is 8.08. The predicted molar refractivity (Wildman–Crippen MR) is 65.4 cm³/mol. The van der Waals surface area contributed by atoms with E-state index >= 15 is 0 Å². The van der Waals surface area contributed by atoms with Crippen molar-refractivity contribution in [1.29, 1.82) is 0 Å². The summed E-state index contributed by atoms with van der Waals surface area (Å²) in [4.78, 5) is 20.8. The Kier molecular flexibility index (Phi) is 3.06. The summed E-state index contributed by atoms with van der Waals surface area (Å²) in [5.41, 5.74) is 1.08. The number of hydrogen-bond acceptors (Lipinski definition) is 5. The number of pyridine rings is 1. The monoisotopic (exact) mass is 249 g/mol. The lowest BCUT2D eigenvalue weighted by Gasteiger charge is -2.02. The molecule has 0 atom stereocenters. The number of rotatable bonds is 2. The van der Waals surface area contributed by atoms with Crippen LogP contribution < -0.4 is 5.32 Å². The zero-order chi connectivity index (χ0) is 12.4. The molecule has 2 aromatic rings. The molecule has 88 valence electrons. The summed E-state index contributed by atoms with van der Waals surface area (Å²) < 4.78 is 0. The number of nitrogens with zero attached hydrogens (tertiary/aromatic N) is 2. The van der Waals surface area contributed by atoms with Crippen molar-refractivity contribution >= 4 is 22.4 Å². The zero-order valence-electron chi connectivity index (χ0n) is 9.39. The van der Waals surface area contributed by atoms with Crippen LogP contribution in [0.2, 0.25) is 0 Å². The number of aromatic hydroxyl groups is 1. The molecular weight excluding hydrogens is 238 g/mol. The lowest BCUT2D eigenvalue weighted by molar-refractivity contribution is 0.102. The lowest BCUT2D eigenvalue weighted by atomic mass is 10.2. The molecule has 1 amide bonds. The summed E-state index contributed by atoms with van der Waals surface area (Å²) in [6.45, 7) is 3.82. The zero-order valence-corrected chi connectivity index (χ0v) is 10.2. The number of nitrogens with one attached hydrogen (secondary N) is 1. The smallest absolute Gasteiger partial charge is 0.261 e. The molecule has 6 heteroatoms. The van der Waals surface area contributed by atoms with E-state index in [2.05, 4.69) is 15.3 Å². The number of carbonyl (C=O) groups is 1. The van der Waals surface area contributed by atoms with Crippen molar-refractivity contribution in [2.45, 2.75) is 13.8 Å². The van der Waals surface area contributed by atoms with E-state index in [4.69, 9.17) is 0 Å². The molecule has 0 aromatic carbocycles. The van der Waals surface area contributed by atoms with Gasteiger partial charge in [-0.3, -0.25) is 15.1 Å². The number of aryl methyl sites for hydroxylation is 2. The Labute approximate surface area is 102 Å². The molecular formula is C11H11N3O2S. The van der Waals surface area contributed by atoms with Crippen LogP contribution in [0.25, 0.3) is 0 Å². The number of thiazole rings is 1. The second kappa shape index (κ2) is 4.50. The van der Waals surface area contributed by atoms with Crippen LogP contribution in [0.5, 0.6) is 5.75 Å². The van der Waals surface area contributed by atoms with Gasteiger partial charge in [-0.05, 0) is 19.9 Å². The third kappa shape index (κ3) is 2.42. The minimum atomic E-state index is -0.390. The first-order valence-corrected chi connectivity index (χ1v) is 5.78. The Bertz CT molecular complexity index is 546. The van der Waals surface area contributed by atoms with Crippen molar-refractivity contribution in [1.82, 2.24) is 9.97 Å². The number of amides is 1. The van der Waals surface area contributed by atoms with Crippen molar-refractivity contribution in [2.24, 2.45) is 0 Å². The molecule has 2 heterocycles. The van der Waals surface area contributed by atoms with Gasteiger partial charge >= 0.3 is 0 Å². The van der Waals surface area contributed by atoms with Crippen molar-refractivity contribution < 1.29 is 9.90 Å². The van der Waals surface area contributed by atoms with E-state index in [0.29, 0.717) is 5.13 Å². The predicted octanol–water partition coefficient (Wildman–Crippen LogP) is 2.11. The minimum Gasteiger partial charge on any atom is -0.505 e. The van der Waals surface area contributed by atoms with Gasteiger partial charge in [0.05, 0.1) is 17.5 Å². The molecule has 0 unspecified atom stereocenters. The summed E-state index contributed by atoms with van der Waals surface area (Å²) in [5.74, 6) is -0.534. The summed E-state index contributed by atoms with van der Waals surface area (Å²) in [7, 11) is 0. The lowest BCUT2D eigenvalue weighted by Crippen LogP contribution is -2.11. The van der Waals surface area contributed by atoms with E-state index in [1.807, 2.05) is 13.8 Å². The molecule has 2 aromatic heterocycles. The molecule has 2 rings (SSSR count). The van der Waals surface area contributed by atoms with Gasteiger partial charge in [0.2, 0.25) is 0 Å². The first-order valence-electron chi connectivity index (χ1n) is 4.96.